The molecular formula is C29H22O2. The van der Waals surface area contributed by atoms with Crippen molar-refractivity contribution in [2.24, 2.45) is 0 Å². The van der Waals surface area contributed by atoms with Gasteiger partial charge >= 0.3 is 5.97 Å². The summed E-state index contributed by atoms with van der Waals surface area (Å²) >= 11 is 0. The molecule has 0 saturated heterocycles. The summed E-state index contributed by atoms with van der Waals surface area (Å²) in [5, 5.41) is 9.03. The summed E-state index contributed by atoms with van der Waals surface area (Å²) in [7, 11) is 0. The lowest BCUT2D eigenvalue weighted by Crippen LogP contribution is -2.21. The number of fused-ring (bicyclic) bond motifs is 1. The summed E-state index contributed by atoms with van der Waals surface area (Å²) in [4.78, 5) is 11.0. The predicted molar refractivity (Wildman–Crippen MR) is 125 cm³/mol. The first-order valence-electron chi connectivity index (χ1n) is 10.2. The molecule has 2 nitrogen and oxygen atoms in total. The number of benzene rings is 3. The number of carboxylic acid groups (broad SMARTS) is 1. The Labute approximate surface area is 183 Å². The molecule has 0 aliphatic heterocycles. The summed E-state index contributed by atoms with van der Waals surface area (Å²) < 4.78 is 0. The van der Waals surface area contributed by atoms with Crippen LogP contribution in [-0.2, 0) is 5.41 Å². The summed E-state index contributed by atoms with van der Waals surface area (Å²) in [5.41, 5.74) is 6.44. The van der Waals surface area contributed by atoms with Crippen LogP contribution in [0.1, 0.15) is 58.4 Å². The van der Waals surface area contributed by atoms with Gasteiger partial charge in [0.15, 0.2) is 0 Å². The van der Waals surface area contributed by atoms with Crippen LogP contribution in [0, 0.1) is 23.7 Å². The van der Waals surface area contributed by atoms with Gasteiger partial charge < -0.3 is 5.11 Å². The molecular weight excluding hydrogens is 380 g/mol. The molecule has 0 aromatic heterocycles. The van der Waals surface area contributed by atoms with Crippen LogP contribution >= 0.6 is 0 Å². The van der Waals surface area contributed by atoms with Crippen molar-refractivity contribution in [1.29, 1.82) is 0 Å². The van der Waals surface area contributed by atoms with E-state index in [1.807, 2.05) is 36.4 Å². The molecule has 1 aliphatic carbocycles. The fraction of sp³-hybridized carbons (Fsp3) is 0.138. The van der Waals surface area contributed by atoms with E-state index in [-0.39, 0.29) is 11.0 Å². The highest BCUT2D eigenvalue weighted by Gasteiger charge is 2.27. The molecule has 31 heavy (non-hydrogen) atoms. The molecule has 0 fully saturated rings. The van der Waals surface area contributed by atoms with Crippen LogP contribution in [-0.4, -0.2) is 11.1 Å². The van der Waals surface area contributed by atoms with Gasteiger partial charge in [0.2, 0.25) is 0 Å². The van der Waals surface area contributed by atoms with Crippen molar-refractivity contribution in [1.82, 2.24) is 0 Å². The molecule has 0 atom stereocenters. The molecule has 3 aromatic rings. The van der Waals surface area contributed by atoms with Crippen LogP contribution in [0.5, 0.6) is 0 Å². The number of hydrogen-bond donors (Lipinski definition) is 1. The maximum Gasteiger partial charge on any atom is 0.335 e. The zero-order valence-corrected chi connectivity index (χ0v) is 17.6. The summed E-state index contributed by atoms with van der Waals surface area (Å²) in [6.45, 7) is 4.50. The highest BCUT2D eigenvalue weighted by molar-refractivity contribution is 5.87. The lowest BCUT2D eigenvalue weighted by Gasteiger charge is -2.31. The summed E-state index contributed by atoms with van der Waals surface area (Å²) in [6, 6.07) is 22.9. The monoisotopic (exact) mass is 402 g/mol. The largest absolute Gasteiger partial charge is 0.478 e. The van der Waals surface area contributed by atoms with Gasteiger partial charge in [-0.25, -0.2) is 4.79 Å². The minimum atomic E-state index is -0.937. The second-order valence-electron chi connectivity index (χ2n) is 8.21. The van der Waals surface area contributed by atoms with Gasteiger partial charge in [-0.3, -0.25) is 0 Å². The van der Waals surface area contributed by atoms with Gasteiger partial charge in [0.05, 0.1) is 5.56 Å². The number of allylic oxidation sites excluding steroid dienone is 2. The van der Waals surface area contributed by atoms with E-state index in [0.717, 1.165) is 34.2 Å². The first-order valence-corrected chi connectivity index (χ1v) is 10.2. The predicted octanol–water partition coefficient (Wildman–Crippen LogP) is 5.90. The SMILES string of the molecule is CC1(C)CC=C(C#Cc2ccccc2)c2cc(C#Cc3ccc(C(=O)O)cc3)ccc21. The standard InChI is InChI=1S/C29H22O2/c1-29(2)19-18-24(14-10-21-6-4-3-5-7-21)26-20-23(13-17-27(26)29)9-8-22-11-15-25(16-12-22)28(30)31/h3-7,11-13,15-18,20H,19H2,1-2H3,(H,30,31). The van der Waals surface area contributed by atoms with Crippen molar-refractivity contribution >= 4 is 11.5 Å². The van der Waals surface area contributed by atoms with Gasteiger partial charge in [-0.2, -0.15) is 0 Å². The van der Waals surface area contributed by atoms with Crippen molar-refractivity contribution < 1.29 is 9.90 Å². The Hall–Kier alpha value is -4.01. The lowest BCUT2D eigenvalue weighted by atomic mass is 9.73. The third kappa shape index (κ3) is 4.61. The minimum absolute atomic E-state index is 0.0475. The second kappa shape index (κ2) is 8.39. The molecule has 0 amide bonds. The fourth-order valence-electron chi connectivity index (χ4n) is 3.63. The van der Waals surface area contributed by atoms with Gasteiger partial charge in [-0.1, -0.05) is 67.9 Å². The Morgan fingerprint density at radius 1 is 0.806 bits per heavy atom. The van der Waals surface area contributed by atoms with Crippen LogP contribution in [0.2, 0.25) is 0 Å². The number of carboxylic acids is 1. The molecule has 0 heterocycles. The first kappa shape index (κ1) is 20.3. The molecule has 0 unspecified atom stereocenters. The van der Waals surface area contributed by atoms with E-state index in [2.05, 4.69) is 55.7 Å². The second-order valence-corrected chi connectivity index (χ2v) is 8.21. The Morgan fingerprint density at radius 3 is 2.13 bits per heavy atom. The van der Waals surface area contributed by atoms with E-state index >= 15 is 0 Å². The van der Waals surface area contributed by atoms with E-state index < -0.39 is 5.97 Å². The van der Waals surface area contributed by atoms with Crippen molar-refractivity contribution in [2.75, 3.05) is 0 Å². The topological polar surface area (TPSA) is 37.3 Å². The zero-order chi connectivity index (χ0) is 21.8. The quantitative estimate of drug-likeness (QED) is 0.515. The third-order valence-corrected chi connectivity index (χ3v) is 5.45. The number of aromatic carboxylic acids is 1. The molecule has 0 radical (unpaired) electrons. The van der Waals surface area contributed by atoms with Gasteiger partial charge in [-0.15, -0.1) is 0 Å². The molecule has 150 valence electrons. The Morgan fingerprint density at radius 2 is 1.42 bits per heavy atom. The first-order chi connectivity index (χ1) is 14.9. The maximum absolute atomic E-state index is 11.0. The maximum atomic E-state index is 11.0. The average molecular weight is 402 g/mol. The van der Waals surface area contributed by atoms with Gasteiger partial charge in [0.25, 0.3) is 0 Å². The van der Waals surface area contributed by atoms with Crippen molar-refractivity contribution in [3.05, 3.63) is 112 Å². The molecule has 1 aliphatic rings. The summed E-state index contributed by atoms with van der Waals surface area (Å²) in [6.07, 6.45) is 3.17. The van der Waals surface area contributed by atoms with E-state index in [0.29, 0.717) is 0 Å². The Balaban J connectivity index is 1.68. The van der Waals surface area contributed by atoms with E-state index in [1.54, 1.807) is 24.3 Å². The molecule has 0 spiro atoms. The highest BCUT2D eigenvalue weighted by Crippen LogP contribution is 2.39. The lowest BCUT2D eigenvalue weighted by molar-refractivity contribution is 0.0697. The van der Waals surface area contributed by atoms with Gasteiger partial charge in [-0.05, 0) is 71.5 Å². The van der Waals surface area contributed by atoms with Crippen LogP contribution in [0.25, 0.3) is 5.57 Å². The van der Waals surface area contributed by atoms with E-state index in [1.165, 1.54) is 5.56 Å². The van der Waals surface area contributed by atoms with Crippen LogP contribution in [0.3, 0.4) is 0 Å². The summed E-state index contributed by atoms with van der Waals surface area (Å²) in [5.74, 6) is 12.0. The smallest absolute Gasteiger partial charge is 0.335 e. The number of hydrogen-bond acceptors (Lipinski definition) is 1. The van der Waals surface area contributed by atoms with Crippen LogP contribution < -0.4 is 0 Å². The molecule has 3 aromatic carbocycles. The molecule has 4 rings (SSSR count). The molecule has 1 N–H and O–H groups in total. The third-order valence-electron chi connectivity index (χ3n) is 5.45. The van der Waals surface area contributed by atoms with Crippen molar-refractivity contribution in [3.63, 3.8) is 0 Å². The number of carbonyl (C=O) groups is 1. The zero-order valence-electron chi connectivity index (χ0n) is 17.6. The van der Waals surface area contributed by atoms with E-state index in [4.69, 9.17) is 5.11 Å². The van der Waals surface area contributed by atoms with Crippen molar-refractivity contribution in [2.45, 2.75) is 25.7 Å². The molecule has 2 heteroatoms. The van der Waals surface area contributed by atoms with Crippen LogP contribution in [0.15, 0.2) is 78.9 Å². The van der Waals surface area contributed by atoms with Gasteiger partial charge in [0.1, 0.15) is 0 Å². The van der Waals surface area contributed by atoms with Crippen LogP contribution in [0.4, 0.5) is 0 Å². The average Bonchev–Trinajstić information content (AvgIpc) is 2.78. The van der Waals surface area contributed by atoms with E-state index in [9.17, 15) is 4.79 Å². The number of rotatable bonds is 1. The minimum Gasteiger partial charge on any atom is -0.478 e. The Bertz CT molecular complexity index is 1290. The highest BCUT2D eigenvalue weighted by atomic mass is 16.4. The fourth-order valence-corrected chi connectivity index (χ4v) is 3.63. The Kier molecular flexibility index (Phi) is 5.48. The molecule has 0 bridgehead atoms. The molecule has 0 saturated carbocycles. The van der Waals surface area contributed by atoms with Gasteiger partial charge in [0, 0.05) is 22.3 Å². The van der Waals surface area contributed by atoms with Crippen molar-refractivity contribution in [3.8, 4) is 23.7 Å². The normalized spacial score (nSPS) is 13.5.